The maximum absolute atomic E-state index is 12.1. The monoisotopic (exact) mass is 331 g/mol. The summed E-state index contributed by atoms with van der Waals surface area (Å²) in [6.45, 7) is 9.42. The molecule has 1 aromatic heterocycles. The summed E-state index contributed by atoms with van der Waals surface area (Å²) in [4.78, 5) is 16.2. The smallest absolute Gasteiger partial charge is 0.410 e. The van der Waals surface area contributed by atoms with E-state index in [1.54, 1.807) is 11.2 Å². The van der Waals surface area contributed by atoms with Crippen LogP contribution in [0.4, 0.5) is 10.5 Å². The van der Waals surface area contributed by atoms with Crippen molar-refractivity contribution in [3.05, 3.63) is 30.0 Å². The lowest BCUT2D eigenvalue weighted by Gasteiger charge is -2.35. The summed E-state index contributed by atoms with van der Waals surface area (Å²) in [5, 5.41) is 1.06. The van der Waals surface area contributed by atoms with Crippen molar-refractivity contribution in [2.24, 2.45) is 0 Å². The van der Waals surface area contributed by atoms with Gasteiger partial charge in [0.2, 0.25) is 0 Å². The Kier molecular flexibility index (Phi) is 4.41. The number of ether oxygens (including phenoxy) is 1. The molecule has 0 spiro atoms. The lowest BCUT2D eigenvalue weighted by atomic mass is 10.1. The van der Waals surface area contributed by atoms with Crippen molar-refractivity contribution in [3.8, 4) is 0 Å². The molecule has 2 aromatic rings. The SMILES string of the molecule is CC(C)(C)OC(=O)N1CCN(Cc2coc3ccc(N)cc23)CC1. The molecule has 130 valence electrons. The molecule has 0 saturated carbocycles. The van der Waals surface area contributed by atoms with E-state index >= 15 is 0 Å². The second-order valence-electron chi connectivity index (χ2n) is 7.26. The number of rotatable bonds is 2. The molecule has 0 atom stereocenters. The largest absolute Gasteiger partial charge is 0.464 e. The van der Waals surface area contributed by atoms with Crippen LogP contribution in [0.1, 0.15) is 26.3 Å². The Labute approximate surface area is 142 Å². The standard InChI is InChI=1S/C18H25N3O3/c1-18(2,3)24-17(22)21-8-6-20(7-9-21)11-13-12-23-16-5-4-14(19)10-15(13)16/h4-5,10,12H,6-9,11,19H2,1-3H3. The number of furan rings is 1. The van der Waals surface area contributed by atoms with Gasteiger partial charge in [-0.15, -0.1) is 0 Å². The summed E-state index contributed by atoms with van der Waals surface area (Å²) >= 11 is 0. The van der Waals surface area contributed by atoms with Crippen molar-refractivity contribution >= 4 is 22.7 Å². The van der Waals surface area contributed by atoms with E-state index in [0.717, 1.165) is 41.9 Å². The molecule has 0 bridgehead atoms. The second-order valence-corrected chi connectivity index (χ2v) is 7.26. The van der Waals surface area contributed by atoms with Crippen LogP contribution >= 0.6 is 0 Å². The van der Waals surface area contributed by atoms with Gasteiger partial charge in [-0.2, -0.15) is 0 Å². The zero-order valence-corrected chi connectivity index (χ0v) is 14.5. The molecule has 1 aliphatic heterocycles. The Hall–Kier alpha value is -2.21. The predicted octanol–water partition coefficient (Wildman–Crippen LogP) is 3.07. The summed E-state index contributed by atoms with van der Waals surface area (Å²) in [6, 6.07) is 5.69. The van der Waals surface area contributed by atoms with E-state index in [4.69, 9.17) is 14.9 Å². The number of piperazine rings is 1. The highest BCUT2D eigenvalue weighted by Crippen LogP contribution is 2.25. The Morgan fingerprint density at radius 1 is 1.25 bits per heavy atom. The Morgan fingerprint density at radius 3 is 2.62 bits per heavy atom. The van der Waals surface area contributed by atoms with Gasteiger partial charge < -0.3 is 19.8 Å². The lowest BCUT2D eigenvalue weighted by Crippen LogP contribution is -2.49. The van der Waals surface area contributed by atoms with Gasteiger partial charge in [-0.25, -0.2) is 4.79 Å². The van der Waals surface area contributed by atoms with Crippen LogP contribution in [0.15, 0.2) is 28.9 Å². The van der Waals surface area contributed by atoms with E-state index in [-0.39, 0.29) is 6.09 Å². The van der Waals surface area contributed by atoms with Crippen LogP contribution in [0.2, 0.25) is 0 Å². The molecule has 0 aliphatic carbocycles. The molecule has 0 unspecified atom stereocenters. The fourth-order valence-electron chi connectivity index (χ4n) is 2.88. The molecule has 1 aliphatic rings. The molecule has 2 N–H and O–H groups in total. The maximum Gasteiger partial charge on any atom is 0.410 e. The van der Waals surface area contributed by atoms with Gasteiger partial charge in [-0.3, -0.25) is 4.90 Å². The molecular weight excluding hydrogens is 306 g/mol. The van der Waals surface area contributed by atoms with Crippen molar-refractivity contribution in [2.45, 2.75) is 32.9 Å². The predicted molar refractivity (Wildman–Crippen MR) is 93.7 cm³/mol. The topological polar surface area (TPSA) is 71.9 Å². The minimum atomic E-state index is -0.455. The van der Waals surface area contributed by atoms with Gasteiger partial charge in [0, 0.05) is 49.4 Å². The number of carbonyl (C=O) groups excluding carboxylic acids is 1. The fraction of sp³-hybridized carbons (Fsp3) is 0.500. The third-order valence-electron chi connectivity index (χ3n) is 4.10. The highest BCUT2D eigenvalue weighted by molar-refractivity contribution is 5.84. The quantitative estimate of drug-likeness (QED) is 0.856. The summed E-state index contributed by atoms with van der Waals surface area (Å²) in [7, 11) is 0. The third kappa shape index (κ3) is 3.82. The lowest BCUT2D eigenvalue weighted by molar-refractivity contribution is 0.0139. The van der Waals surface area contributed by atoms with E-state index in [1.165, 1.54) is 0 Å². The van der Waals surface area contributed by atoms with Crippen molar-refractivity contribution in [1.82, 2.24) is 9.80 Å². The van der Waals surface area contributed by atoms with Gasteiger partial charge in [0.1, 0.15) is 11.2 Å². The zero-order valence-electron chi connectivity index (χ0n) is 14.5. The number of nitrogens with two attached hydrogens (primary N) is 1. The van der Waals surface area contributed by atoms with Crippen LogP contribution in [0.3, 0.4) is 0 Å². The van der Waals surface area contributed by atoms with Crippen LogP contribution < -0.4 is 5.73 Å². The van der Waals surface area contributed by atoms with Crippen molar-refractivity contribution in [3.63, 3.8) is 0 Å². The average Bonchev–Trinajstić information content (AvgIpc) is 2.88. The second kappa shape index (κ2) is 6.36. The van der Waals surface area contributed by atoms with Crippen LogP contribution in [0.5, 0.6) is 0 Å². The van der Waals surface area contributed by atoms with Crippen molar-refractivity contribution in [1.29, 1.82) is 0 Å². The van der Waals surface area contributed by atoms with Gasteiger partial charge in [0.05, 0.1) is 6.26 Å². The number of hydrogen-bond acceptors (Lipinski definition) is 5. The Balaban J connectivity index is 1.59. The number of carbonyl (C=O) groups is 1. The molecule has 6 nitrogen and oxygen atoms in total. The molecule has 2 heterocycles. The number of amides is 1. The van der Waals surface area contributed by atoms with E-state index in [2.05, 4.69) is 4.90 Å². The van der Waals surface area contributed by atoms with Crippen molar-refractivity contribution < 1.29 is 13.9 Å². The third-order valence-corrected chi connectivity index (χ3v) is 4.10. The summed E-state index contributed by atoms with van der Waals surface area (Å²) in [5.74, 6) is 0. The van der Waals surface area contributed by atoms with E-state index < -0.39 is 5.60 Å². The van der Waals surface area contributed by atoms with Crippen molar-refractivity contribution in [2.75, 3.05) is 31.9 Å². The first-order chi connectivity index (χ1) is 11.3. The molecular formula is C18H25N3O3. The number of nitrogen functional groups attached to an aromatic ring is 1. The summed E-state index contributed by atoms with van der Waals surface area (Å²) < 4.78 is 11.0. The first kappa shape index (κ1) is 16.6. The van der Waals surface area contributed by atoms with Crippen LogP contribution in [0, 0.1) is 0 Å². The first-order valence-electron chi connectivity index (χ1n) is 8.28. The van der Waals surface area contributed by atoms with Crippen LogP contribution in [-0.2, 0) is 11.3 Å². The molecule has 6 heteroatoms. The fourth-order valence-corrected chi connectivity index (χ4v) is 2.88. The Morgan fingerprint density at radius 2 is 1.96 bits per heavy atom. The normalized spacial score (nSPS) is 16.5. The van der Waals surface area contributed by atoms with Crippen LogP contribution in [-0.4, -0.2) is 47.7 Å². The molecule has 1 amide bonds. The number of nitrogens with zero attached hydrogens (tertiary/aromatic N) is 2. The zero-order chi connectivity index (χ0) is 17.3. The first-order valence-corrected chi connectivity index (χ1v) is 8.28. The molecule has 3 rings (SSSR count). The molecule has 1 aromatic carbocycles. The van der Waals surface area contributed by atoms with E-state index in [9.17, 15) is 4.79 Å². The van der Waals surface area contributed by atoms with Gasteiger partial charge in [-0.1, -0.05) is 0 Å². The van der Waals surface area contributed by atoms with Gasteiger partial charge in [0.15, 0.2) is 0 Å². The number of benzene rings is 1. The van der Waals surface area contributed by atoms with Gasteiger partial charge in [-0.05, 0) is 39.0 Å². The van der Waals surface area contributed by atoms with E-state index in [1.807, 2.05) is 39.0 Å². The molecule has 1 saturated heterocycles. The van der Waals surface area contributed by atoms with E-state index in [0.29, 0.717) is 13.1 Å². The average molecular weight is 331 g/mol. The number of hydrogen-bond donors (Lipinski definition) is 1. The van der Waals surface area contributed by atoms with Gasteiger partial charge >= 0.3 is 6.09 Å². The highest BCUT2D eigenvalue weighted by Gasteiger charge is 2.26. The van der Waals surface area contributed by atoms with Crippen LogP contribution in [0.25, 0.3) is 11.0 Å². The summed E-state index contributed by atoms with van der Waals surface area (Å²) in [6.07, 6.45) is 1.56. The number of anilines is 1. The highest BCUT2D eigenvalue weighted by atomic mass is 16.6. The number of fused-ring (bicyclic) bond motifs is 1. The maximum atomic E-state index is 12.1. The minimum absolute atomic E-state index is 0.233. The minimum Gasteiger partial charge on any atom is -0.464 e. The molecule has 24 heavy (non-hydrogen) atoms. The Bertz CT molecular complexity index is 725. The molecule has 1 fully saturated rings. The van der Waals surface area contributed by atoms with Gasteiger partial charge in [0.25, 0.3) is 0 Å². The summed E-state index contributed by atoms with van der Waals surface area (Å²) in [5.41, 5.74) is 8.14. The molecule has 0 radical (unpaired) electrons.